The minimum absolute atomic E-state index is 0.0222. The predicted octanol–water partition coefficient (Wildman–Crippen LogP) is 4.36. The fourth-order valence-electron chi connectivity index (χ4n) is 2.45. The van der Waals surface area contributed by atoms with Crippen LogP contribution < -0.4 is 5.32 Å². The molecule has 0 aliphatic carbocycles. The summed E-state index contributed by atoms with van der Waals surface area (Å²) < 4.78 is 0. The number of hydrogen-bond acceptors (Lipinski definition) is 5. The molecule has 24 heavy (non-hydrogen) atoms. The number of benzene rings is 1. The van der Waals surface area contributed by atoms with Crippen LogP contribution >= 0.6 is 23.1 Å². The second kappa shape index (κ2) is 7.77. The molecule has 1 amide bonds. The molecule has 0 bridgehead atoms. The Morgan fingerprint density at radius 1 is 1.29 bits per heavy atom. The average molecular weight is 358 g/mol. The van der Waals surface area contributed by atoms with Crippen LogP contribution in [0, 0.1) is 6.92 Å². The number of rotatable bonds is 6. The van der Waals surface area contributed by atoms with E-state index in [1.807, 2.05) is 37.3 Å². The quantitative estimate of drug-likeness (QED) is 0.526. The first kappa shape index (κ1) is 16.9. The number of carbonyl (C=O) groups excluding carboxylic acids is 1. The number of aryl methyl sites for hydroxylation is 1. The summed E-state index contributed by atoms with van der Waals surface area (Å²) in [5.41, 5.74) is 1.12. The van der Waals surface area contributed by atoms with Gasteiger partial charge in [-0.1, -0.05) is 30.3 Å². The van der Waals surface area contributed by atoms with Crippen molar-refractivity contribution in [3.63, 3.8) is 0 Å². The van der Waals surface area contributed by atoms with E-state index in [1.165, 1.54) is 4.88 Å². The van der Waals surface area contributed by atoms with Gasteiger partial charge in [0.05, 0.1) is 6.04 Å². The Balaban J connectivity index is 1.53. The maximum atomic E-state index is 12.1. The lowest BCUT2D eigenvalue weighted by atomic mass is 10.1. The zero-order valence-corrected chi connectivity index (χ0v) is 15.3. The standard InChI is InChI=1S/C18H19N3OS2/c1-12-10-15-17(19-11-20-18(15)24-12)23-9-8-16(22)21-13(2)14-6-4-3-5-7-14/h3-7,10-11,13H,8-9H2,1-2H3,(H,21,22). The van der Waals surface area contributed by atoms with E-state index in [9.17, 15) is 4.79 Å². The molecule has 1 unspecified atom stereocenters. The van der Waals surface area contributed by atoms with Gasteiger partial charge < -0.3 is 5.32 Å². The van der Waals surface area contributed by atoms with Gasteiger partial charge in [-0.05, 0) is 25.5 Å². The van der Waals surface area contributed by atoms with Gasteiger partial charge in [0.25, 0.3) is 0 Å². The first-order chi connectivity index (χ1) is 11.6. The van der Waals surface area contributed by atoms with Crippen molar-refractivity contribution in [3.05, 3.63) is 53.2 Å². The average Bonchev–Trinajstić information content (AvgIpc) is 2.96. The maximum absolute atomic E-state index is 12.1. The number of aromatic nitrogens is 2. The van der Waals surface area contributed by atoms with Gasteiger partial charge in [0, 0.05) is 22.4 Å². The fourth-order valence-corrected chi connectivity index (χ4v) is 4.27. The lowest BCUT2D eigenvalue weighted by molar-refractivity contribution is -0.121. The minimum Gasteiger partial charge on any atom is -0.350 e. The normalized spacial score (nSPS) is 12.2. The predicted molar refractivity (Wildman–Crippen MR) is 100 cm³/mol. The van der Waals surface area contributed by atoms with Crippen LogP contribution in [0.5, 0.6) is 0 Å². The number of nitrogens with zero attached hydrogens (tertiary/aromatic N) is 2. The minimum atomic E-state index is 0.0222. The lowest BCUT2D eigenvalue weighted by Gasteiger charge is -2.14. The van der Waals surface area contributed by atoms with E-state index < -0.39 is 0 Å². The van der Waals surface area contributed by atoms with Gasteiger partial charge in [-0.2, -0.15) is 0 Å². The van der Waals surface area contributed by atoms with Gasteiger partial charge in [-0.15, -0.1) is 23.1 Å². The second-order valence-electron chi connectivity index (χ2n) is 5.55. The molecule has 2 aromatic heterocycles. The summed E-state index contributed by atoms with van der Waals surface area (Å²) in [7, 11) is 0. The number of thiophene rings is 1. The molecule has 0 aliphatic rings. The summed E-state index contributed by atoms with van der Waals surface area (Å²) in [6.45, 7) is 4.07. The first-order valence-corrected chi connectivity index (χ1v) is 9.62. The Hall–Kier alpha value is -1.92. The third kappa shape index (κ3) is 4.13. The van der Waals surface area contributed by atoms with Crippen molar-refractivity contribution in [1.82, 2.24) is 15.3 Å². The SMILES string of the molecule is Cc1cc2c(SCCC(=O)NC(C)c3ccccc3)ncnc2s1. The highest BCUT2D eigenvalue weighted by Gasteiger charge is 2.11. The molecule has 1 N–H and O–H groups in total. The summed E-state index contributed by atoms with van der Waals surface area (Å²) in [4.78, 5) is 23.0. The molecule has 1 atom stereocenters. The van der Waals surface area contributed by atoms with Crippen molar-refractivity contribution in [1.29, 1.82) is 0 Å². The molecule has 0 aliphatic heterocycles. The second-order valence-corrected chi connectivity index (χ2v) is 7.87. The summed E-state index contributed by atoms with van der Waals surface area (Å²) in [6.07, 6.45) is 2.06. The Morgan fingerprint density at radius 2 is 2.08 bits per heavy atom. The highest BCUT2D eigenvalue weighted by molar-refractivity contribution is 7.99. The van der Waals surface area contributed by atoms with E-state index in [1.54, 1.807) is 29.4 Å². The number of fused-ring (bicyclic) bond motifs is 1. The van der Waals surface area contributed by atoms with Crippen LogP contribution in [0.4, 0.5) is 0 Å². The Kier molecular flexibility index (Phi) is 5.48. The zero-order chi connectivity index (χ0) is 16.9. The largest absolute Gasteiger partial charge is 0.350 e. The maximum Gasteiger partial charge on any atom is 0.221 e. The van der Waals surface area contributed by atoms with Crippen LogP contribution in [0.15, 0.2) is 47.8 Å². The molecule has 3 aromatic rings. The summed E-state index contributed by atoms with van der Waals surface area (Å²) >= 11 is 3.28. The Morgan fingerprint density at radius 3 is 2.88 bits per heavy atom. The van der Waals surface area contributed by atoms with Crippen LogP contribution in [-0.2, 0) is 4.79 Å². The molecular weight excluding hydrogens is 338 g/mol. The third-order valence-corrected chi connectivity index (χ3v) is 5.63. The van der Waals surface area contributed by atoms with Gasteiger partial charge in [0.2, 0.25) is 5.91 Å². The van der Waals surface area contributed by atoms with Crippen LogP contribution in [-0.4, -0.2) is 21.6 Å². The summed E-state index contributed by atoms with van der Waals surface area (Å²) in [5.74, 6) is 0.764. The molecule has 124 valence electrons. The van der Waals surface area contributed by atoms with Crippen molar-refractivity contribution in [2.45, 2.75) is 31.3 Å². The molecule has 0 saturated carbocycles. The molecule has 6 heteroatoms. The van der Waals surface area contributed by atoms with Crippen LogP contribution in [0.25, 0.3) is 10.2 Å². The number of nitrogens with one attached hydrogen (secondary N) is 1. The van der Waals surface area contributed by atoms with Crippen molar-refractivity contribution in [2.75, 3.05) is 5.75 Å². The highest BCUT2D eigenvalue weighted by atomic mass is 32.2. The topological polar surface area (TPSA) is 54.9 Å². The van der Waals surface area contributed by atoms with Crippen LogP contribution in [0.1, 0.15) is 29.8 Å². The molecule has 4 nitrogen and oxygen atoms in total. The van der Waals surface area contributed by atoms with Crippen molar-refractivity contribution < 1.29 is 4.79 Å². The number of amides is 1. The summed E-state index contributed by atoms with van der Waals surface area (Å²) in [6, 6.07) is 12.1. The van der Waals surface area contributed by atoms with Gasteiger partial charge >= 0.3 is 0 Å². The molecule has 0 spiro atoms. The van der Waals surface area contributed by atoms with Crippen molar-refractivity contribution in [2.24, 2.45) is 0 Å². The van der Waals surface area contributed by atoms with E-state index in [0.717, 1.165) is 20.8 Å². The molecule has 3 rings (SSSR count). The molecule has 2 heterocycles. The third-order valence-electron chi connectivity index (χ3n) is 3.66. The van der Waals surface area contributed by atoms with Crippen LogP contribution in [0.2, 0.25) is 0 Å². The van der Waals surface area contributed by atoms with E-state index >= 15 is 0 Å². The zero-order valence-electron chi connectivity index (χ0n) is 13.7. The van der Waals surface area contributed by atoms with E-state index in [-0.39, 0.29) is 11.9 Å². The first-order valence-electron chi connectivity index (χ1n) is 7.82. The molecule has 0 radical (unpaired) electrons. The van der Waals surface area contributed by atoms with E-state index in [0.29, 0.717) is 12.2 Å². The molecule has 0 fully saturated rings. The number of carbonyl (C=O) groups is 1. The van der Waals surface area contributed by atoms with Gasteiger partial charge in [-0.25, -0.2) is 9.97 Å². The monoisotopic (exact) mass is 357 g/mol. The molecular formula is C18H19N3OS2. The van der Waals surface area contributed by atoms with Gasteiger partial charge in [0.15, 0.2) is 0 Å². The van der Waals surface area contributed by atoms with Gasteiger partial charge in [0.1, 0.15) is 16.2 Å². The lowest BCUT2D eigenvalue weighted by Crippen LogP contribution is -2.26. The Bertz CT molecular complexity index is 833. The summed E-state index contributed by atoms with van der Waals surface area (Å²) in [5, 5.41) is 5.08. The number of thioether (sulfide) groups is 1. The van der Waals surface area contributed by atoms with E-state index in [4.69, 9.17) is 0 Å². The Labute approximate surface area is 149 Å². The van der Waals surface area contributed by atoms with E-state index in [2.05, 4.69) is 28.3 Å². The van der Waals surface area contributed by atoms with Gasteiger partial charge in [-0.3, -0.25) is 4.79 Å². The number of hydrogen-bond donors (Lipinski definition) is 1. The van der Waals surface area contributed by atoms with Crippen LogP contribution in [0.3, 0.4) is 0 Å². The molecule has 1 aromatic carbocycles. The smallest absolute Gasteiger partial charge is 0.221 e. The van der Waals surface area contributed by atoms with Crippen molar-refractivity contribution >= 4 is 39.2 Å². The molecule has 0 saturated heterocycles. The van der Waals surface area contributed by atoms with Crippen molar-refractivity contribution in [3.8, 4) is 0 Å². The fraction of sp³-hybridized carbons (Fsp3) is 0.278. The highest BCUT2D eigenvalue weighted by Crippen LogP contribution is 2.30.